The molecule has 0 bridgehead atoms. The monoisotopic (exact) mass is 270 g/mol. The lowest BCUT2D eigenvalue weighted by Gasteiger charge is -2.16. The van der Waals surface area contributed by atoms with E-state index in [9.17, 15) is 13.2 Å². The number of sulfonamides is 1. The standard InChI is InChI=1S/C12H16NO4S/c1-9(2)11(12(14)15)13-18(16,17)8-10-6-4-3-5-7-10/h3-7,9,13H,8H2,1-2H3,(H,14,15). The molecule has 0 saturated carbocycles. The number of rotatable bonds is 6. The summed E-state index contributed by atoms with van der Waals surface area (Å²) in [4.78, 5) is 10.9. The third-order valence-electron chi connectivity index (χ3n) is 2.27. The molecule has 6 heteroatoms. The Morgan fingerprint density at radius 3 is 2.28 bits per heavy atom. The fourth-order valence-electron chi connectivity index (χ4n) is 1.41. The van der Waals surface area contributed by atoms with Crippen LogP contribution in [0.15, 0.2) is 30.3 Å². The molecule has 0 aliphatic heterocycles. The van der Waals surface area contributed by atoms with Crippen molar-refractivity contribution in [3.63, 3.8) is 0 Å². The highest BCUT2D eigenvalue weighted by molar-refractivity contribution is 7.88. The maximum Gasteiger partial charge on any atom is 0.327 e. The van der Waals surface area contributed by atoms with Crippen LogP contribution in [0.1, 0.15) is 19.4 Å². The lowest BCUT2D eigenvalue weighted by molar-refractivity contribution is -0.136. The molecule has 0 saturated heterocycles. The van der Waals surface area contributed by atoms with Crippen LogP contribution in [-0.4, -0.2) is 19.5 Å². The van der Waals surface area contributed by atoms with Crippen molar-refractivity contribution in [2.45, 2.75) is 19.6 Å². The number of carboxylic acid groups (broad SMARTS) is 1. The number of hydrogen-bond donors (Lipinski definition) is 2. The van der Waals surface area contributed by atoms with Gasteiger partial charge in [0.05, 0.1) is 5.75 Å². The van der Waals surface area contributed by atoms with E-state index in [1.807, 2.05) is 0 Å². The zero-order valence-corrected chi connectivity index (χ0v) is 11.1. The van der Waals surface area contributed by atoms with E-state index in [1.54, 1.807) is 44.2 Å². The van der Waals surface area contributed by atoms with Gasteiger partial charge < -0.3 is 5.11 Å². The fraction of sp³-hybridized carbons (Fsp3) is 0.333. The quantitative estimate of drug-likeness (QED) is 0.818. The van der Waals surface area contributed by atoms with Gasteiger partial charge in [0.25, 0.3) is 0 Å². The summed E-state index contributed by atoms with van der Waals surface area (Å²) in [5.74, 6) is -1.88. The highest BCUT2D eigenvalue weighted by atomic mass is 32.2. The van der Waals surface area contributed by atoms with Gasteiger partial charge in [-0.25, -0.2) is 8.42 Å². The predicted molar refractivity (Wildman–Crippen MR) is 67.9 cm³/mol. The summed E-state index contributed by atoms with van der Waals surface area (Å²) in [7, 11) is -3.69. The fourth-order valence-corrected chi connectivity index (χ4v) is 2.77. The summed E-state index contributed by atoms with van der Waals surface area (Å²) in [6.45, 7) is 3.24. The molecule has 0 aliphatic rings. The molecule has 0 aromatic heterocycles. The van der Waals surface area contributed by atoms with E-state index < -0.39 is 21.9 Å². The highest BCUT2D eigenvalue weighted by Gasteiger charge is 2.28. The molecule has 1 rings (SSSR count). The van der Waals surface area contributed by atoms with Crippen LogP contribution in [0.5, 0.6) is 0 Å². The number of carboxylic acids is 1. The van der Waals surface area contributed by atoms with Crippen molar-refractivity contribution in [2.24, 2.45) is 5.92 Å². The maximum atomic E-state index is 11.8. The first-order chi connectivity index (χ1) is 8.32. The molecule has 1 aromatic carbocycles. The zero-order chi connectivity index (χ0) is 13.8. The zero-order valence-electron chi connectivity index (χ0n) is 10.3. The van der Waals surface area contributed by atoms with Crippen LogP contribution in [0.2, 0.25) is 0 Å². The lowest BCUT2D eigenvalue weighted by atomic mass is 10.1. The van der Waals surface area contributed by atoms with Crippen LogP contribution in [0.3, 0.4) is 0 Å². The van der Waals surface area contributed by atoms with Crippen LogP contribution < -0.4 is 4.72 Å². The second-order valence-electron chi connectivity index (χ2n) is 4.22. The first kappa shape index (κ1) is 14.7. The Kier molecular flexibility index (Phi) is 4.86. The molecule has 5 nitrogen and oxygen atoms in total. The number of hydrogen-bond acceptors (Lipinski definition) is 3. The summed E-state index contributed by atoms with van der Waals surface area (Å²) < 4.78 is 25.8. The van der Waals surface area contributed by atoms with E-state index in [0.29, 0.717) is 5.56 Å². The Hall–Kier alpha value is -1.40. The van der Waals surface area contributed by atoms with Crippen LogP contribution in [0, 0.1) is 12.0 Å². The molecule has 0 amide bonds. The molecule has 0 atom stereocenters. The van der Waals surface area contributed by atoms with E-state index in [1.165, 1.54) is 0 Å². The van der Waals surface area contributed by atoms with Crippen LogP contribution in [0.4, 0.5) is 0 Å². The van der Waals surface area contributed by atoms with Gasteiger partial charge >= 0.3 is 5.97 Å². The van der Waals surface area contributed by atoms with Gasteiger partial charge in [-0.2, -0.15) is 4.72 Å². The number of carbonyl (C=O) groups is 1. The van der Waals surface area contributed by atoms with Gasteiger partial charge in [0.15, 0.2) is 6.04 Å². The predicted octanol–water partition coefficient (Wildman–Crippen LogP) is 1.38. The molecular weight excluding hydrogens is 254 g/mol. The Morgan fingerprint density at radius 2 is 1.83 bits per heavy atom. The molecule has 1 aromatic rings. The van der Waals surface area contributed by atoms with Crippen LogP contribution >= 0.6 is 0 Å². The highest BCUT2D eigenvalue weighted by Crippen LogP contribution is 2.13. The maximum absolute atomic E-state index is 11.8. The van der Waals surface area contributed by atoms with Crippen LogP contribution in [-0.2, 0) is 20.6 Å². The van der Waals surface area contributed by atoms with E-state index in [0.717, 1.165) is 0 Å². The summed E-state index contributed by atoms with van der Waals surface area (Å²) in [5.41, 5.74) is 0.610. The van der Waals surface area contributed by atoms with E-state index >= 15 is 0 Å². The van der Waals surface area contributed by atoms with Crippen molar-refractivity contribution in [3.05, 3.63) is 41.9 Å². The van der Waals surface area contributed by atoms with Gasteiger partial charge in [-0.1, -0.05) is 44.2 Å². The average molecular weight is 270 g/mol. The Bertz CT molecular complexity index is 496. The minimum absolute atomic E-state index is 0.217. The summed E-state index contributed by atoms with van der Waals surface area (Å²) >= 11 is 0. The van der Waals surface area contributed by atoms with Gasteiger partial charge in [0.2, 0.25) is 10.0 Å². The lowest BCUT2D eigenvalue weighted by Crippen LogP contribution is -2.37. The van der Waals surface area contributed by atoms with E-state index in [4.69, 9.17) is 5.11 Å². The number of nitrogens with one attached hydrogen (secondary N) is 1. The molecule has 2 N–H and O–H groups in total. The van der Waals surface area contributed by atoms with Crippen molar-refractivity contribution >= 4 is 16.0 Å². The molecule has 18 heavy (non-hydrogen) atoms. The Morgan fingerprint density at radius 1 is 1.28 bits per heavy atom. The SMILES string of the molecule is CC(C)[C](NS(=O)(=O)Cc1ccccc1)C(=O)O. The molecule has 0 heterocycles. The third-order valence-corrected chi connectivity index (χ3v) is 3.52. The summed E-state index contributed by atoms with van der Waals surface area (Å²) in [5, 5.41) is 8.91. The minimum atomic E-state index is -3.69. The number of benzene rings is 1. The van der Waals surface area contributed by atoms with Crippen molar-refractivity contribution in [2.75, 3.05) is 0 Å². The summed E-state index contributed by atoms with van der Waals surface area (Å²) in [6, 6.07) is 8.38. The normalized spacial score (nSPS) is 12.0. The smallest absolute Gasteiger partial charge is 0.327 e. The Balaban J connectivity index is 2.79. The van der Waals surface area contributed by atoms with Crippen molar-refractivity contribution < 1.29 is 18.3 Å². The molecule has 99 valence electrons. The Labute approximate surface area is 107 Å². The first-order valence-corrected chi connectivity index (χ1v) is 7.11. The molecule has 0 unspecified atom stereocenters. The topological polar surface area (TPSA) is 83.5 Å². The van der Waals surface area contributed by atoms with Gasteiger partial charge in [-0.15, -0.1) is 0 Å². The van der Waals surface area contributed by atoms with E-state index in [-0.39, 0.29) is 11.8 Å². The summed E-state index contributed by atoms with van der Waals surface area (Å²) in [6.07, 6.45) is 0. The van der Waals surface area contributed by atoms with E-state index in [2.05, 4.69) is 4.72 Å². The van der Waals surface area contributed by atoms with Crippen molar-refractivity contribution in [3.8, 4) is 0 Å². The third kappa shape index (κ3) is 4.46. The van der Waals surface area contributed by atoms with Crippen molar-refractivity contribution in [1.29, 1.82) is 0 Å². The molecule has 1 radical (unpaired) electrons. The molecular formula is C12H16NO4S. The van der Waals surface area contributed by atoms with Gasteiger partial charge in [0, 0.05) is 0 Å². The first-order valence-electron chi connectivity index (χ1n) is 5.46. The van der Waals surface area contributed by atoms with Gasteiger partial charge in [0.1, 0.15) is 0 Å². The van der Waals surface area contributed by atoms with Gasteiger partial charge in [-0.05, 0) is 11.5 Å². The number of aliphatic carboxylic acids is 1. The average Bonchev–Trinajstić information content (AvgIpc) is 2.26. The van der Waals surface area contributed by atoms with Crippen LogP contribution in [0.25, 0.3) is 0 Å². The van der Waals surface area contributed by atoms with Crippen molar-refractivity contribution in [1.82, 2.24) is 4.72 Å². The minimum Gasteiger partial charge on any atom is -0.480 e. The second kappa shape index (κ2) is 5.97. The molecule has 0 fully saturated rings. The molecule has 0 spiro atoms. The second-order valence-corrected chi connectivity index (χ2v) is 5.94. The molecule has 0 aliphatic carbocycles. The largest absolute Gasteiger partial charge is 0.480 e. The van der Waals surface area contributed by atoms with Gasteiger partial charge in [-0.3, -0.25) is 4.79 Å².